The van der Waals surface area contributed by atoms with Gasteiger partial charge in [0.2, 0.25) is 0 Å². The molecule has 25 heavy (non-hydrogen) atoms. The molecule has 0 spiro atoms. The van der Waals surface area contributed by atoms with Crippen molar-refractivity contribution in [2.24, 2.45) is 0 Å². The van der Waals surface area contributed by atoms with E-state index in [4.69, 9.17) is 0 Å². The number of allylic oxidation sites excluding steroid dienone is 1. The first-order valence-corrected chi connectivity index (χ1v) is 8.68. The van der Waals surface area contributed by atoms with Crippen molar-refractivity contribution in [2.45, 2.75) is 19.3 Å². The first-order valence-electron chi connectivity index (χ1n) is 8.68. The number of carbonyl (C=O) groups is 1. The zero-order chi connectivity index (χ0) is 17.2. The van der Waals surface area contributed by atoms with Crippen LogP contribution in [0.5, 0.6) is 0 Å². The summed E-state index contributed by atoms with van der Waals surface area (Å²) in [7, 11) is 0. The highest BCUT2D eigenvalue weighted by molar-refractivity contribution is 6.13. The average Bonchev–Trinajstić information content (AvgIpc) is 2.66. The van der Waals surface area contributed by atoms with Gasteiger partial charge in [-0.3, -0.25) is 4.79 Å². The maximum absolute atomic E-state index is 13.0. The Balaban J connectivity index is 1.81. The molecule has 1 aliphatic carbocycles. The van der Waals surface area contributed by atoms with Crippen LogP contribution in [0.1, 0.15) is 45.0 Å². The molecule has 0 bridgehead atoms. The van der Waals surface area contributed by atoms with Gasteiger partial charge in [0.05, 0.1) is 0 Å². The Morgan fingerprint density at radius 2 is 1.52 bits per heavy atom. The zero-order valence-electron chi connectivity index (χ0n) is 14.3. The van der Waals surface area contributed by atoms with E-state index in [1.807, 2.05) is 30.3 Å². The fraction of sp³-hybridized carbons (Fsp3) is 0.125. The highest BCUT2D eigenvalue weighted by atomic mass is 16.1. The van der Waals surface area contributed by atoms with E-state index in [1.54, 1.807) is 0 Å². The Morgan fingerprint density at radius 1 is 0.840 bits per heavy atom. The molecular formula is C24H20O. The van der Waals surface area contributed by atoms with E-state index in [2.05, 4.69) is 61.5 Å². The Hall–Kier alpha value is -2.93. The SMILES string of the molecule is Cc1ccc(/C=C2\C[C@H](c3ccccc3)c3ccccc3C2=O)cc1. The molecule has 0 fully saturated rings. The first-order chi connectivity index (χ1) is 12.2. The van der Waals surface area contributed by atoms with Crippen LogP contribution in [0.4, 0.5) is 0 Å². The molecular weight excluding hydrogens is 304 g/mol. The molecule has 3 aromatic carbocycles. The Labute approximate surface area is 148 Å². The van der Waals surface area contributed by atoms with Gasteiger partial charge in [-0.15, -0.1) is 0 Å². The topological polar surface area (TPSA) is 17.1 Å². The van der Waals surface area contributed by atoms with Crippen LogP contribution < -0.4 is 0 Å². The maximum Gasteiger partial charge on any atom is 0.189 e. The monoisotopic (exact) mass is 324 g/mol. The number of Topliss-reactive ketones (excluding diaryl/α,β-unsaturated/α-hetero) is 1. The van der Waals surface area contributed by atoms with E-state index < -0.39 is 0 Å². The molecule has 0 unspecified atom stereocenters. The standard InChI is InChI=1S/C24H20O/c1-17-11-13-18(14-12-17)15-20-16-23(19-7-3-2-4-8-19)21-9-5-6-10-22(21)24(20)25/h2-15,23H,16H2,1H3/b20-15+/t23-/m1/s1. The second-order valence-electron chi connectivity index (χ2n) is 6.66. The summed E-state index contributed by atoms with van der Waals surface area (Å²) in [6.45, 7) is 2.07. The first kappa shape index (κ1) is 15.6. The van der Waals surface area contributed by atoms with Gasteiger partial charge >= 0.3 is 0 Å². The normalized spacial score (nSPS) is 18.2. The molecule has 0 aliphatic heterocycles. The van der Waals surface area contributed by atoms with Crippen molar-refractivity contribution < 1.29 is 4.79 Å². The van der Waals surface area contributed by atoms with E-state index in [-0.39, 0.29) is 11.7 Å². The average molecular weight is 324 g/mol. The van der Waals surface area contributed by atoms with Crippen molar-refractivity contribution in [1.29, 1.82) is 0 Å². The van der Waals surface area contributed by atoms with Gasteiger partial charge in [-0.05, 0) is 36.1 Å². The van der Waals surface area contributed by atoms with Crippen molar-refractivity contribution in [3.63, 3.8) is 0 Å². The molecule has 0 N–H and O–H groups in total. The van der Waals surface area contributed by atoms with Gasteiger partial charge in [0.25, 0.3) is 0 Å². The van der Waals surface area contributed by atoms with Gasteiger partial charge in [0.15, 0.2) is 5.78 Å². The maximum atomic E-state index is 13.0. The summed E-state index contributed by atoms with van der Waals surface area (Å²) in [5, 5.41) is 0. The minimum Gasteiger partial charge on any atom is -0.289 e. The molecule has 1 nitrogen and oxygen atoms in total. The summed E-state index contributed by atoms with van der Waals surface area (Å²) >= 11 is 0. The van der Waals surface area contributed by atoms with Crippen LogP contribution in [0.15, 0.2) is 84.4 Å². The quantitative estimate of drug-likeness (QED) is 0.545. The molecule has 0 saturated heterocycles. The number of aryl methyl sites for hydroxylation is 1. The number of rotatable bonds is 2. The van der Waals surface area contributed by atoms with E-state index in [0.29, 0.717) is 0 Å². The van der Waals surface area contributed by atoms with Crippen molar-refractivity contribution in [3.8, 4) is 0 Å². The molecule has 0 amide bonds. The molecule has 4 rings (SSSR count). The summed E-state index contributed by atoms with van der Waals surface area (Å²) in [4.78, 5) is 13.0. The molecule has 0 heterocycles. The van der Waals surface area contributed by atoms with Crippen molar-refractivity contribution in [2.75, 3.05) is 0 Å². The molecule has 1 aliphatic rings. The smallest absolute Gasteiger partial charge is 0.189 e. The van der Waals surface area contributed by atoms with Crippen LogP contribution in [-0.4, -0.2) is 5.78 Å². The van der Waals surface area contributed by atoms with Crippen LogP contribution >= 0.6 is 0 Å². The fourth-order valence-electron chi connectivity index (χ4n) is 3.57. The van der Waals surface area contributed by atoms with Crippen LogP contribution in [0.2, 0.25) is 0 Å². The number of ketones is 1. The number of hydrogen-bond donors (Lipinski definition) is 0. The molecule has 0 saturated carbocycles. The lowest BCUT2D eigenvalue weighted by atomic mass is 9.75. The van der Waals surface area contributed by atoms with E-state index in [9.17, 15) is 4.79 Å². The van der Waals surface area contributed by atoms with Gasteiger partial charge in [0.1, 0.15) is 0 Å². The third-order valence-corrected chi connectivity index (χ3v) is 4.92. The minimum atomic E-state index is 0.156. The van der Waals surface area contributed by atoms with Crippen molar-refractivity contribution in [3.05, 3.63) is 112 Å². The van der Waals surface area contributed by atoms with Gasteiger partial charge in [-0.1, -0.05) is 84.4 Å². The van der Waals surface area contributed by atoms with Crippen LogP contribution in [0, 0.1) is 6.92 Å². The lowest BCUT2D eigenvalue weighted by Gasteiger charge is -2.27. The second-order valence-corrected chi connectivity index (χ2v) is 6.66. The predicted molar refractivity (Wildman–Crippen MR) is 103 cm³/mol. The van der Waals surface area contributed by atoms with Crippen LogP contribution in [0.25, 0.3) is 6.08 Å². The molecule has 0 radical (unpaired) electrons. The van der Waals surface area contributed by atoms with Crippen LogP contribution in [-0.2, 0) is 0 Å². The lowest BCUT2D eigenvalue weighted by molar-refractivity contribution is 0.102. The molecule has 0 aromatic heterocycles. The minimum absolute atomic E-state index is 0.156. The number of carbonyl (C=O) groups excluding carboxylic acids is 1. The number of fused-ring (bicyclic) bond motifs is 1. The van der Waals surface area contributed by atoms with Gasteiger partial charge in [-0.25, -0.2) is 0 Å². The summed E-state index contributed by atoms with van der Waals surface area (Å²) < 4.78 is 0. The molecule has 3 aromatic rings. The van der Waals surface area contributed by atoms with Crippen LogP contribution in [0.3, 0.4) is 0 Å². The number of hydrogen-bond acceptors (Lipinski definition) is 1. The summed E-state index contributed by atoms with van der Waals surface area (Å²) in [5.41, 5.74) is 6.43. The molecule has 1 atom stereocenters. The summed E-state index contributed by atoms with van der Waals surface area (Å²) in [6, 6.07) is 26.8. The van der Waals surface area contributed by atoms with Gasteiger partial charge < -0.3 is 0 Å². The van der Waals surface area contributed by atoms with E-state index in [0.717, 1.165) is 28.7 Å². The Bertz CT molecular complexity index is 933. The molecule has 122 valence electrons. The Kier molecular flexibility index (Phi) is 4.07. The highest BCUT2D eigenvalue weighted by Gasteiger charge is 2.29. The zero-order valence-corrected chi connectivity index (χ0v) is 14.3. The van der Waals surface area contributed by atoms with E-state index in [1.165, 1.54) is 11.1 Å². The van der Waals surface area contributed by atoms with Gasteiger partial charge in [-0.2, -0.15) is 0 Å². The lowest BCUT2D eigenvalue weighted by Crippen LogP contribution is -2.19. The fourth-order valence-corrected chi connectivity index (χ4v) is 3.57. The highest BCUT2D eigenvalue weighted by Crippen LogP contribution is 2.39. The largest absolute Gasteiger partial charge is 0.289 e. The second kappa shape index (κ2) is 6.52. The third kappa shape index (κ3) is 3.06. The summed E-state index contributed by atoms with van der Waals surface area (Å²) in [6.07, 6.45) is 2.79. The predicted octanol–water partition coefficient (Wildman–Crippen LogP) is 5.80. The van der Waals surface area contributed by atoms with Crippen molar-refractivity contribution in [1.82, 2.24) is 0 Å². The van der Waals surface area contributed by atoms with Gasteiger partial charge in [0, 0.05) is 17.1 Å². The van der Waals surface area contributed by atoms with E-state index >= 15 is 0 Å². The summed E-state index contributed by atoms with van der Waals surface area (Å²) in [5.74, 6) is 0.384. The van der Waals surface area contributed by atoms with Crippen molar-refractivity contribution >= 4 is 11.9 Å². The number of benzene rings is 3. The Morgan fingerprint density at radius 3 is 2.28 bits per heavy atom. The third-order valence-electron chi connectivity index (χ3n) is 4.92. The molecule has 1 heteroatoms.